The number of nitrogens with zero attached hydrogens (tertiary/aromatic N) is 1. The highest BCUT2D eigenvalue weighted by atomic mass is 35.5. The van der Waals surface area contributed by atoms with Gasteiger partial charge in [-0.15, -0.1) is 0 Å². The van der Waals surface area contributed by atoms with Crippen molar-refractivity contribution in [1.82, 2.24) is 0 Å². The summed E-state index contributed by atoms with van der Waals surface area (Å²) in [6.45, 7) is 0. The summed E-state index contributed by atoms with van der Waals surface area (Å²) in [5.41, 5.74) is 3.72. The molecule has 0 N–H and O–H groups in total. The molecular weight excluding hydrogens is 398 g/mol. The van der Waals surface area contributed by atoms with Gasteiger partial charge in [0.25, 0.3) is 5.91 Å². The molecule has 4 rings (SSSR count). The Balaban J connectivity index is 1.86. The molecule has 0 saturated carbocycles. The number of carbonyl (C=O) groups excluding carboxylic acids is 2. The van der Waals surface area contributed by atoms with Crippen molar-refractivity contribution in [2.24, 2.45) is 0 Å². The lowest BCUT2D eigenvalue weighted by Gasteiger charge is -2.22. The van der Waals surface area contributed by atoms with Crippen LogP contribution in [-0.2, 0) is 9.53 Å². The van der Waals surface area contributed by atoms with E-state index in [2.05, 4.69) is 0 Å². The zero-order chi connectivity index (χ0) is 21.1. The minimum absolute atomic E-state index is 0.222. The van der Waals surface area contributed by atoms with Crippen molar-refractivity contribution < 1.29 is 14.3 Å². The summed E-state index contributed by atoms with van der Waals surface area (Å²) < 4.78 is 4.92. The average molecular weight is 416 g/mol. The molecular formula is C25H18ClNO3. The largest absolute Gasteiger partial charge is 0.465 e. The summed E-state index contributed by atoms with van der Waals surface area (Å²) in [4.78, 5) is 27.3. The van der Waals surface area contributed by atoms with E-state index in [-0.39, 0.29) is 5.91 Å². The van der Waals surface area contributed by atoms with E-state index >= 15 is 0 Å². The molecule has 30 heavy (non-hydrogen) atoms. The first-order valence-corrected chi connectivity index (χ1v) is 9.72. The molecule has 4 nitrogen and oxygen atoms in total. The minimum atomic E-state index is -0.499. The number of benzene rings is 3. The zero-order valence-corrected chi connectivity index (χ0v) is 17.0. The molecule has 0 saturated heterocycles. The molecule has 0 atom stereocenters. The quantitative estimate of drug-likeness (QED) is 0.411. The van der Waals surface area contributed by atoms with E-state index in [4.69, 9.17) is 16.3 Å². The zero-order valence-electron chi connectivity index (χ0n) is 16.2. The Labute approximate surface area is 179 Å². The second kappa shape index (κ2) is 8.39. The number of hydrogen-bond acceptors (Lipinski definition) is 3. The molecule has 1 amide bonds. The number of hydrogen-bond donors (Lipinski definition) is 0. The fourth-order valence-corrected chi connectivity index (χ4v) is 3.49. The molecule has 0 spiro atoms. The first-order chi connectivity index (χ1) is 14.6. The van der Waals surface area contributed by atoms with Gasteiger partial charge in [-0.1, -0.05) is 66.2 Å². The number of halogens is 1. The molecule has 0 fully saturated rings. The van der Waals surface area contributed by atoms with E-state index in [0.29, 0.717) is 27.5 Å². The number of para-hydroxylation sites is 1. The van der Waals surface area contributed by atoms with Crippen LogP contribution in [0.1, 0.15) is 21.5 Å². The summed E-state index contributed by atoms with van der Waals surface area (Å²) in [7, 11) is 1.32. The molecule has 0 aromatic heterocycles. The van der Waals surface area contributed by atoms with Gasteiger partial charge in [0.15, 0.2) is 0 Å². The van der Waals surface area contributed by atoms with Crippen molar-refractivity contribution in [2.75, 3.05) is 12.0 Å². The predicted octanol–water partition coefficient (Wildman–Crippen LogP) is 5.60. The Bertz CT molecular complexity index is 1160. The summed E-state index contributed by atoms with van der Waals surface area (Å²) in [6, 6.07) is 23.8. The van der Waals surface area contributed by atoms with E-state index in [1.807, 2.05) is 54.6 Å². The highest BCUT2D eigenvalue weighted by molar-refractivity contribution is 6.30. The van der Waals surface area contributed by atoms with Crippen LogP contribution < -0.4 is 4.90 Å². The summed E-state index contributed by atoms with van der Waals surface area (Å²) in [5.74, 6) is -0.721. The first kappa shape index (κ1) is 19.7. The van der Waals surface area contributed by atoms with E-state index in [0.717, 1.165) is 11.1 Å². The van der Waals surface area contributed by atoms with Crippen molar-refractivity contribution in [3.63, 3.8) is 0 Å². The molecule has 148 valence electrons. The van der Waals surface area contributed by atoms with Gasteiger partial charge in [0.1, 0.15) is 0 Å². The topological polar surface area (TPSA) is 46.6 Å². The fourth-order valence-electron chi connectivity index (χ4n) is 3.37. The lowest BCUT2D eigenvalue weighted by molar-refractivity contribution is -0.113. The van der Waals surface area contributed by atoms with Gasteiger partial charge < -0.3 is 4.74 Å². The van der Waals surface area contributed by atoms with E-state index in [1.165, 1.54) is 7.11 Å². The standard InChI is InChI=1S/C25H18ClNO3/c1-30-25(29)21-9-5-6-10-22(21)27-23(18-7-3-2-4-8-18)16-19(24(27)28)15-17-11-13-20(26)14-12-17/h2-16H,1H3/b19-15+. The molecule has 3 aromatic rings. The van der Waals surface area contributed by atoms with Crippen molar-refractivity contribution in [3.8, 4) is 0 Å². The van der Waals surface area contributed by atoms with Crippen LogP contribution in [-0.4, -0.2) is 19.0 Å². The lowest BCUT2D eigenvalue weighted by atomic mass is 10.1. The minimum Gasteiger partial charge on any atom is -0.465 e. The van der Waals surface area contributed by atoms with Gasteiger partial charge in [0, 0.05) is 10.6 Å². The van der Waals surface area contributed by atoms with Crippen molar-refractivity contribution in [1.29, 1.82) is 0 Å². The van der Waals surface area contributed by atoms with Crippen LogP contribution in [0.25, 0.3) is 11.8 Å². The second-order valence-electron chi connectivity index (χ2n) is 6.70. The van der Waals surface area contributed by atoms with E-state index in [1.54, 1.807) is 41.3 Å². The van der Waals surface area contributed by atoms with Crippen LogP contribution in [0.15, 0.2) is 90.5 Å². The van der Waals surface area contributed by atoms with Crippen molar-refractivity contribution in [3.05, 3.63) is 112 Å². The third-order valence-corrected chi connectivity index (χ3v) is 5.05. The van der Waals surface area contributed by atoms with Gasteiger partial charge in [0.2, 0.25) is 0 Å². The molecule has 5 heteroatoms. The third kappa shape index (κ3) is 3.78. The van der Waals surface area contributed by atoms with Crippen LogP contribution in [0.3, 0.4) is 0 Å². The van der Waals surface area contributed by atoms with Crippen LogP contribution in [0.4, 0.5) is 5.69 Å². The van der Waals surface area contributed by atoms with Crippen molar-refractivity contribution in [2.45, 2.75) is 0 Å². The SMILES string of the molecule is COC(=O)c1ccccc1N1C(=O)/C(=C/c2ccc(Cl)cc2)C=C1c1ccccc1. The maximum Gasteiger partial charge on any atom is 0.339 e. The van der Waals surface area contributed by atoms with Gasteiger partial charge in [-0.3, -0.25) is 9.69 Å². The van der Waals surface area contributed by atoms with Gasteiger partial charge in [-0.2, -0.15) is 0 Å². The number of methoxy groups -OCH3 is 1. The average Bonchev–Trinajstić information content (AvgIpc) is 3.11. The van der Waals surface area contributed by atoms with Crippen LogP contribution in [0.5, 0.6) is 0 Å². The normalized spacial score (nSPS) is 14.7. The fraction of sp³-hybridized carbons (Fsp3) is 0.0400. The summed E-state index contributed by atoms with van der Waals surface area (Å²) in [5, 5.41) is 0.629. The Hall–Kier alpha value is -3.63. The summed E-state index contributed by atoms with van der Waals surface area (Å²) in [6.07, 6.45) is 3.64. The number of ether oxygens (including phenoxy) is 1. The molecule has 1 aliphatic rings. The second-order valence-corrected chi connectivity index (χ2v) is 7.13. The Kier molecular flexibility index (Phi) is 5.50. The van der Waals surface area contributed by atoms with Crippen LogP contribution in [0, 0.1) is 0 Å². The highest BCUT2D eigenvalue weighted by Crippen LogP contribution is 2.37. The smallest absolute Gasteiger partial charge is 0.339 e. The van der Waals surface area contributed by atoms with E-state index in [9.17, 15) is 9.59 Å². The monoisotopic (exact) mass is 415 g/mol. The van der Waals surface area contributed by atoms with E-state index < -0.39 is 5.97 Å². The lowest BCUT2D eigenvalue weighted by Crippen LogP contribution is -2.27. The Morgan fingerprint density at radius 1 is 0.933 bits per heavy atom. The first-order valence-electron chi connectivity index (χ1n) is 9.34. The molecule has 0 unspecified atom stereocenters. The molecule has 0 radical (unpaired) electrons. The Morgan fingerprint density at radius 3 is 2.30 bits per heavy atom. The van der Waals surface area contributed by atoms with Crippen LogP contribution in [0.2, 0.25) is 5.02 Å². The van der Waals surface area contributed by atoms with Crippen LogP contribution >= 0.6 is 11.6 Å². The maximum atomic E-state index is 13.5. The van der Waals surface area contributed by atoms with Gasteiger partial charge in [-0.05, 0) is 47.5 Å². The molecule has 1 heterocycles. The third-order valence-electron chi connectivity index (χ3n) is 4.80. The summed E-state index contributed by atoms with van der Waals surface area (Å²) >= 11 is 5.97. The number of rotatable bonds is 4. The molecule has 0 aliphatic carbocycles. The number of esters is 1. The van der Waals surface area contributed by atoms with Gasteiger partial charge in [0.05, 0.1) is 24.1 Å². The number of anilines is 1. The molecule has 1 aliphatic heterocycles. The number of carbonyl (C=O) groups is 2. The predicted molar refractivity (Wildman–Crippen MR) is 119 cm³/mol. The van der Waals surface area contributed by atoms with Crippen molar-refractivity contribution >= 4 is 40.9 Å². The van der Waals surface area contributed by atoms with Gasteiger partial charge in [-0.25, -0.2) is 4.79 Å². The Morgan fingerprint density at radius 2 is 1.60 bits per heavy atom. The maximum absolute atomic E-state index is 13.5. The van der Waals surface area contributed by atoms with Gasteiger partial charge >= 0.3 is 5.97 Å². The number of amides is 1. The molecule has 0 bridgehead atoms. The highest BCUT2D eigenvalue weighted by Gasteiger charge is 2.32. The molecule has 3 aromatic carbocycles.